The number of H-pyrrole nitrogens is 1. The van der Waals surface area contributed by atoms with Gasteiger partial charge in [0.05, 0.1) is 19.3 Å². The Labute approximate surface area is 234 Å². The molecule has 5 heterocycles. The van der Waals surface area contributed by atoms with Crippen LogP contribution in [0.15, 0.2) is 66.9 Å². The molecule has 0 atom stereocenters. The number of pyridine rings is 1. The summed E-state index contributed by atoms with van der Waals surface area (Å²) in [4.78, 5) is 10.7. The van der Waals surface area contributed by atoms with E-state index in [1.807, 2.05) is 37.4 Å². The van der Waals surface area contributed by atoms with Gasteiger partial charge in [-0.2, -0.15) is 0 Å². The lowest BCUT2D eigenvalue weighted by Crippen LogP contribution is -2.34. The lowest BCUT2D eigenvalue weighted by Gasteiger charge is -2.28. The second-order valence-electron chi connectivity index (χ2n) is 9.69. The van der Waals surface area contributed by atoms with Gasteiger partial charge in [0, 0.05) is 47.9 Å². The van der Waals surface area contributed by atoms with Gasteiger partial charge < -0.3 is 24.5 Å². The van der Waals surface area contributed by atoms with Gasteiger partial charge in [-0.25, -0.2) is 4.98 Å². The number of aryl methyl sites for hydroxylation is 1. The van der Waals surface area contributed by atoms with Crippen molar-refractivity contribution in [2.45, 2.75) is 26.6 Å². The Morgan fingerprint density at radius 2 is 1.90 bits per heavy atom. The Kier molecular flexibility index (Phi) is 6.12. The van der Waals surface area contributed by atoms with E-state index in [4.69, 9.17) is 9.72 Å². The van der Waals surface area contributed by atoms with Crippen molar-refractivity contribution in [1.29, 1.82) is 0 Å². The first kappa shape index (κ1) is 24.3. The highest BCUT2D eigenvalue weighted by Crippen LogP contribution is 2.34. The highest BCUT2D eigenvalue weighted by Gasteiger charge is 2.21. The van der Waals surface area contributed by atoms with E-state index in [0.29, 0.717) is 13.1 Å². The molecule has 0 spiro atoms. The standard InChI is InChI=1S/C29H27N9OS/c1-18-33-34-27-17-37(12-13-38(18)27)26-5-3-4-25(32-26)23-16-30-24-11-8-20(14-22(23)24)28-35-36-29(40-28)31-15-19-6-9-21(39-2)10-7-19/h3-11,14,16,30H,12-13,15,17H2,1-2H3,(H,31,36). The van der Waals surface area contributed by atoms with Crippen molar-refractivity contribution in [1.82, 2.24) is 34.9 Å². The van der Waals surface area contributed by atoms with Crippen LogP contribution >= 0.6 is 11.3 Å². The molecule has 0 saturated heterocycles. The molecule has 11 heteroatoms. The number of hydrogen-bond donors (Lipinski definition) is 2. The molecule has 1 aliphatic rings. The van der Waals surface area contributed by atoms with Crippen LogP contribution in [-0.4, -0.2) is 48.6 Å². The molecule has 0 aliphatic carbocycles. The molecule has 0 bridgehead atoms. The van der Waals surface area contributed by atoms with Crippen LogP contribution in [0.4, 0.5) is 10.9 Å². The highest BCUT2D eigenvalue weighted by atomic mass is 32.1. The molecule has 2 aromatic carbocycles. The van der Waals surface area contributed by atoms with Crippen LogP contribution in [0.2, 0.25) is 0 Å². The molecule has 0 unspecified atom stereocenters. The number of nitrogens with one attached hydrogen (secondary N) is 2. The van der Waals surface area contributed by atoms with Crippen LogP contribution < -0.4 is 15.0 Å². The fourth-order valence-electron chi connectivity index (χ4n) is 5.05. The summed E-state index contributed by atoms with van der Waals surface area (Å²) in [6.07, 6.45) is 2.03. The number of aromatic nitrogens is 7. The molecule has 2 N–H and O–H groups in total. The third-order valence-corrected chi connectivity index (χ3v) is 8.16. The first-order chi connectivity index (χ1) is 19.6. The molecule has 1 aliphatic heterocycles. The van der Waals surface area contributed by atoms with Gasteiger partial charge in [-0.05, 0) is 55.0 Å². The third kappa shape index (κ3) is 4.54. The molecule has 40 heavy (non-hydrogen) atoms. The maximum atomic E-state index is 5.24. The summed E-state index contributed by atoms with van der Waals surface area (Å²) in [7, 11) is 1.67. The van der Waals surface area contributed by atoms with E-state index in [9.17, 15) is 0 Å². The second-order valence-corrected chi connectivity index (χ2v) is 10.7. The summed E-state index contributed by atoms with van der Waals surface area (Å²) in [5.74, 6) is 3.71. The van der Waals surface area contributed by atoms with Crippen molar-refractivity contribution in [2.24, 2.45) is 0 Å². The molecule has 6 aromatic rings. The second kappa shape index (κ2) is 10.1. The molecule has 0 fully saturated rings. The number of nitrogens with zero attached hydrogens (tertiary/aromatic N) is 7. The van der Waals surface area contributed by atoms with Gasteiger partial charge in [-0.3, -0.25) is 0 Å². The van der Waals surface area contributed by atoms with Gasteiger partial charge in [0.15, 0.2) is 5.82 Å². The van der Waals surface area contributed by atoms with Gasteiger partial charge in [0.1, 0.15) is 22.4 Å². The Hall–Kier alpha value is -4.77. The molecule has 7 rings (SSSR count). The normalized spacial score (nSPS) is 13.0. The van der Waals surface area contributed by atoms with Gasteiger partial charge >= 0.3 is 0 Å². The van der Waals surface area contributed by atoms with Crippen molar-refractivity contribution in [3.8, 4) is 27.6 Å². The van der Waals surface area contributed by atoms with E-state index in [0.717, 1.165) is 79.7 Å². The average Bonchev–Trinajstić information content (AvgIpc) is 3.74. The monoisotopic (exact) mass is 549 g/mol. The van der Waals surface area contributed by atoms with Crippen LogP contribution in [0.3, 0.4) is 0 Å². The first-order valence-electron chi connectivity index (χ1n) is 13.1. The predicted molar refractivity (Wildman–Crippen MR) is 157 cm³/mol. The van der Waals surface area contributed by atoms with Crippen molar-refractivity contribution < 1.29 is 4.74 Å². The van der Waals surface area contributed by atoms with Crippen molar-refractivity contribution in [3.63, 3.8) is 0 Å². The lowest BCUT2D eigenvalue weighted by atomic mass is 10.1. The molecule has 4 aromatic heterocycles. The fraction of sp³-hybridized carbons (Fsp3) is 0.207. The van der Waals surface area contributed by atoms with E-state index < -0.39 is 0 Å². The van der Waals surface area contributed by atoms with Crippen LogP contribution in [0.1, 0.15) is 17.2 Å². The summed E-state index contributed by atoms with van der Waals surface area (Å²) in [6.45, 7) is 5.08. The highest BCUT2D eigenvalue weighted by molar-refractivity contribution is 7.18. The van der Waals surface area contributed by atoms with Crippen LogP contribution in [0.25, 0.3) is 32.7 Å². The maximum Gasteiger partial charge on any atom is 0.206 e. The van der Waals surface area contributed by atoms with Gasteiger partial charge in [-0.15, -0.1) is 20.4 Å². The summed E-state index contributed by atoms with van der Waals surface area (Å²) in [5.41, 5.74) is 5.19. The van der Waals surface area contributed by atoms with Crippen molar-refractivity contribution in [3.05, 3.63) is 84.1 Å². The van der Waals surface area contributed by atoms with E-state index in [2.05, 4.69) is 76.6 Å². The lowest BCUT2D eigenvalue weighted by molar-refractivity contribution is 0.414. The Balaban J connectivity index is 1.12. The minimum Gasteiger partial charge on any atom is -0.497 e. The molecule has 0 saturated carbocycles. The zero-order valence-electron chi connectivity index (χ0n) is 22.1. The molecule has 200 valence electrons. The average molecular weight is 550 g/mol. The summed E-state index contributed by atoms with van der Waals surface area (Å²) in [5, 5.41) is 23.5. The van der Waals surface area contributed by atoms with Gasteiger partial charge in [-0.1, -0.05) is 29.5 Å². The minimum absolute atomic E-state index is 0.663. The van der Waals surface area contributed by atoms with Crippen molar-refractivity contribution >= 4 is 33.2 Å². The third-order valence-electron chi connectivity index (χ3n) is 7.23. The van der Waals surface area contributed by atoms with Gasteiger partial charge in [0.25, 0.3) is 0 Å². The Morgan fingerprint density at radius 3 is 2.77 bits per heavy atom. The first-order valence-corrected chi connectivity index (χ1v) is 13.9. The summed E-state index contributed by atoms with van der Waals surface area (Å²) < 4.78 is 7.41. The summed E-state index contributed by atoms with van der Waals surface area (Å²) >= 11 is 1.54. The minimum atomic E-state index is 0.663. The predicted octanol–water partition coefficient (Wildman–Crippen LogP) is 5.29. The topological polar surface area (TPSA) is 110 Å². The molecule has 0 radical (unpaired) electrons. The van der Waals surface area contributed by atoms with Crippen LogP contribution in [0.5, 0.6) is 5.75 Å². The SMILES string of the molecule is COc1ccc(CNc2nnc(-c3ccc4[nH]cc(-c5cccc(N6CCn7c(C)nnc7C6)n5)c4c3)s2)cc1. The largest absolute Gasteiger partial charge is 0.497 e. The number of rotatable bonds is 7. The number of ether oxygens (including phenoxy) is 1. The number of anilines is 2. The van der Waals surface area contributed by atoms with E-state index in [-0.39, 0.29) is 0 Å². The Morgan fingerprint density at radius 1 is 1.00 bits per heavy atom. The number of aromatic amines is 1. The van der Waals surface area contributed by atoms with Crippen LogP contribution in [-0.2, 0) is 19.6 Å². The molecular formula is C29H27N9OS. The van der Waals surface area contributed by atoms with Gasteiger partial charge in [0.2, 0.25) is 5.13 Å². The van der Waals surface area contributed by atoms with Crippen LogP contribution in [0, 0.1) is 6.92 Å². The van der Waals surface area contributed by atoms with Crippen molar-refractivity contribution in [2.75, 3.05) is 23.9 Å². The zero-order valence-corrected chi connectivity index (χ0v) is 22.9. The molecular weight excluding hydrogens is 522 g/mol. The number of fused-ring (bicyclic) bond motifs is 2. The summed E-state index contributed by atoms with van der Waals surface area (Å²) in [6, 6.07) is 20.5. The van der Waals surface area contributed by atoms with E-state index in [1.54, 1.807) is 7.11 Å². The number of benzene rings is 2. The number of methoxy groups -OCH3 is 1. The maximum absolute atomic E-state index is 5.24. The number of hydrogen-bond acceptors (Lipinski definition) is 9. The fourth-order valence-corrected chi connectivity index (χ4v) is 5.78. The quantitative estimate of drug-likeness (QED) is 0.277. The van der Waals surface area contributed by atoms with E-state index in [1.165, 1.54) is 11.3 Å². The zero-order chi connectivity index (χ0) is 27.1. The molecule has 0 amide bonds. The van der Waals surface area contributed by atoms with E-state index >= 15 is 0 Å². The Bertz CT molecular complexity index is 1800. The molecule has 10 nitrogen and oxygen atoms in total. The smallest absolute Gasteiger partial charge is 0.206 e.